The predicted octanol–water partition coefficient (Wildman–Crippen LogP) is 4.62. The highest BCUT2D eigenvalue weighted by molar-refractivity contribution is 7.98. The number of hydrogen-bond donors (Lipinski definition) is 1. The molecule has 0 saturated carbocycles. The zero-order valence-corrected chi connectivity index (χ0v) is 15.8. The lowest BCUT2D eigenvalue weighted by atomic mass is 10.3. The van der Waals surface area contributed by atoms with E-state index in [1.807, 2.05) is 47.8 Å². The van der Waals surface area contributed by atoms with Crippen LogP contribution in [0.25, 0.3) is 26.9 Å². The molecule has 0 unspecified atom stereocenters. The van der Waals surface area contributed by atoms with Gasteiger partial charge in [-0.1, -0.05) is 42.1 Å². The second-order valence-corrected chi connectivity index (χ2v) is 7.85. The molecule has 0 saturated heterocycles. The normalized spacial score (nSPS) is 11.4. The minimum atomic E-state index is -0.0813. The van der Waals surface area contributed by atoms with Crippen LogP contribution in [0, 0.1) is 0 Å². The number of imidazole rings is 1. The van der Waals surface area contributed by atoms with E-state index in [9.17, 15) is 4.79 Å². The lowest BCUT2D eigenvalue weighted by Crippen LogP contribution is -2.09. The van der Waals surface area contributed by atoms with Crippen molar-refractivity contribution in [3.63, 3.8) is 0 Å². The Labute approximate surface area is 162 Å². The number of aromatic amines is 1. The number of rotatable bonds is 4. The fraction of sp³-hybridized carbons (Fsp3) is 0.0500. The van der Waals surface area contributed by atoms with Crippen LogP contribution >= 0.6 is 23.1 Å². The maximum atomic E-state index is 12.2. The summed E-state index contributed by atoms with van der Waals surface area (Å²) in [6.07, 6.45) is 0. The van der Waals surface area contributed by atoms with Gasteiger partial charge in [0.1, 0.15) is 10.5 Å². The molecule has 5 aromatic rings. The summed E-state index contributed by atoms with van der Waals surface area (Å²) in [5.41, 5.74) is 3.72. The van der Waals surface area contributed by atoms with Crippen LogP contribution in [0.2, 0.25) is 0 Å². The first-order valence-corrected chi connectivity index (χ1v) is 10.3. The van der Waals surface area contributed by atoms with Gasteiger partial charge < -0.3 is 4.98 Å². The number of hydrogen-bond acceptors (Lipinski definition) is 5. The molecule has 27 heavy (non-hydrogen) atoms. The van der Waals surface area contributed by atoms with E-state index in [2.05, 4.69) is 32.7 Å². The van der Waals surface area contributed by atoms with Crippen molar-refractivity contribution in [3.8, 4) is 5.69 Å². The maximum Gasteiger partial charge on any atom is 0.268 e. The number of thiophene rings is 1. The summed E-state index contributed by atoms with van der Waals surface area (Å²) in [7, 11) is 0. The molecule has 0 aliphatic carbocycles. The summed E-state index contributed by atoms with van der Waals surface area (Å²) >= 11 is 2.97. The molecule has 0 aliphatic rings. The highest BCUT2D eigenvalue weighted by Gasteiger charge is 2.14. The Hall–Kier alpha value is -2.90. The molecule has 2 aromatic carbocycles. The van der Waals surface area contributed by atoms with Crippen molar-refractivity contribution in [2.75, 3.05) is 0 Å². The van der Waals surface area contributed by atoms with Crippen LogP contribution in [0.15, 0.2) is 76.0 Å². The van der Waals surface area contributed by atoms with Crippen LogP contribution in [0.4, 0.5) is 0 Å². The van der Waals surface area contributed by atoms with Gasteiger partial charge in [0.05, 0.1) is 22.3 Å². The molecular weight excluding hydrogens is 376 g/mol. The molecule has 1 N–H and O–H groups in total. The third-order valence-corrected chi connectivity index (χ3v) is 6.10. The molecule has 3 heterocycles. The van der Waals surface area contributed by atoms with Crippen LogP contribution in [0.3, 0.4) is 0 Å². The predicted molar refractivity (Wildman–Crippen MR) is 111 cm³/mol. The Morgan fingerprint density at radius 1 is 0.963 bits per heavy atom. The second-order valence-electron chi connectivity index (χ2n) is 5.99. The molecule has 0 fully saturated rings. The van der Waals surface area contributed by atoms with E-state index in [1.165, 1.54) is 11.3 Å². The first-order valence-electron chi connectivity index (χ1n) is 8.42. The molecule has 5 nitrogen and oxygen atoms in total. The largest absolute Gasteiger partial charge is 0.309 e. The number of H-pyrrole nitrogens is 1. The number of benzene rings is 2. The van der Waals surface area contributed by atoms with Gasteiger partial charge in [-0.2, -0.15) is 0 Å². The summed E-state index contributed by atoms with van der Waals surface area (Å²) in [5.74, 6) is 1.19. The fourth-order valence-corrected chi connectivity index (χ4v) is 4.67. The highest BCUT2D eigenvalue weighted by atomic mass is 32.2. The molecule has 0 aliphatic heterocycles. The van der Waals surface area contributed by atoms with E-state index in [0.717, 1.165) is 27.4 Å². The van der Waals surface area contributed by atoms with Crippen LogP contribution in [0.5, 0.6) is 0 Å². The third kappa shape index (κ3) is 2.94. The highest BCUT2D eigenvalue weighted by Crippen LogP contribution is 2.29. The Morgan fingerprint density at radius 2 is 1.78 bits per heavy atom. The van der Waals surface area contributed by atoms with Gasteiger partial charge in [0, 0.05) is 5.69 Å². The first-order chi connectivity index (χ1) is 13.3. The molecule has 5 rings (SSSR count). The lowest BCUT2D eigenvalue weighted by molar-refractivity contribution is 0.915. The SMILES string of the molecule is O=c1[nH]c(CSc2nc3ccccc3n2-c2ccccc2)nc2ccsc12. The monoisotopic (exact) mass is 390 g/mol. The second kappa shape index (κ2) is 6.68. The number of thioether (sulfide) groups is 1. The van der Waals surface area contributed by atoms with Crippen molar-refractivity contribution in [2.45, 2.75) is 10.9 Å². The zero-order valence-electron chi connectivity index (χ0n) is 14.1. The van der Waals surface area contributed by atoms with Gasteiger partial charge >= 0.3 is 0 Å². The quantitative estimate of drug-likeness (QED) is 0.455. The van der Waals surface area contributed by atoms with E-state index < -0.39 is 0 Å². The molecule has 132 valence electrons. The van der Waals surface area contributed by atoms with E-state index in [0.29, 0.717) is 16.3 Å². The average molecular weight is 390 g/mol. The van der Waals surface area contributed by atoms with Gasteiger partial charge in [0.15, 0.2) is 5.16 Å². The lowest BCUT2D eigenvalue weighted by Gasteiger charge is -2.08. The number of nitrogens with zero attached hydrogens (tertiary/aromatic N) is 3. The third-order valence-electron chi connectivity index (χ3n) is 4.25. The summed E-state index contributed by atoms with van der Waals surface area (Å²) in [5, 5.41) is 2.76. The summed E-state index contributed by atoms with van der Waals surface area (Å²) < 4.78 is 2.81. The first kappa shape index (κ1) is 16.3. The fourth-order valence-electron chi connectivity index (χ4n) is 3.05. The minimum absolute atomic E-state index is 0.0813. The number of nitrogens with one attached hydrogen (secondary N) is 1. The molecule has 0 amide bonds. The Kier molecular flexibility index (Phi) is 4.03. The summed E-state index contributed by atoms with van der Waals surface area (Å²) in [6.45, 7) is 0. The van der Waals surface area contributed by atoms with Gasteiger partial charge in [-0.05, 0) is 35.7 Å². The van der Waals surface area contributed by atoms with Gasteiger partial charge in [0.2, 0.25) is 0 Å². The van der Waals surface area contributed by atoms with Gasteiger partial charge in [-0.25, -0.2) is 9.97 Å². The summed E-state index contributed by atoms with van der Waals surface area (Å²) in [4.78, 5) is 24.4. The molecular formula is C20H14N4OS2. The topological polar surface area (TPSA) is 63.6 Å². The molecule has 7 heteroatoms. The van der Waals surface area contributed by atoms with E-state index in [4.69, 9.17) is 4.98 Å². The van der Waals surface area contributed by atoms with Crippen LogP contribution in [-0.2, 0) is 5.75 Å². The van der Waals surface area contributed by atoms with Gasteiger partial charge in [-0.3, -0.25) is 9.36 Å². The Bertz CT molecular complexity index is 1300. The van der Waals surface area contributed by atoms with E-state index in [1.54, 1.807) is 11.8 Å². The summed E-state index contributed by atoms with van der Waals surface area (Å²) in [6, 6.07) is 20.1. The van der Waals surface area contributed by atoms with E-state index in [-0.39, 0.29) is 5.56 Å². The maximum absolute atomic E-state index is 12.2. The molecule has 0 radical (unpaired) electrons. The molecule has 0 bridgehead atoms. The Morgan fingerprint density at radius 3 is 2.67 bits per heavy atom. The van der Waals surface area contributed by atoms with Crippen LogP contribution in [0.1, 0.15) is 5.82 Å². The number of fused-ring (bicyclic) bond motifs is 2. The molecule has 0 atom stereocenters. The van der Waals surface area contributed by atoms with E-state index >= 15 is 0 Å². The van der Waals surface area contributed by atoms with Crippen LogP contribution < -0.4 is 5.56 Å². The molecule has 0 spiro atoms. The van der Waals surface area contributed by atoms with Crippen molar-refractivity contribution in [3.05, 3.63) is 82.2 Å². The standard InChI is InChI=1S/C20H14N4OS2/c25-19-18-15(10-11-26-18)21-17(23-19)12-27-20-22-14-8-4-5-9-16(14)24(20)13-6-2-1-3-7-13/h1-11H,12H2,(H,21,23,25). The minimum Gasteiger partial charge on any atom is -0.309 e. The Balaban J connectivity index is 1.55. The van der Waals surface area contributed by atoms with Crippen LogP contribution in [-0.4, -0.2) is 19.5 Å². The van der Waals surface area contributed by atoms with Gasteiger partial charge in [-0.15, -0.1) is 11.3 Å². The van der Waals surface area contributed by atoms with Crippen molar-refractivity contribution in [1.82, 2.24) is 19.5 Å². The van der Waals surface area contributed by atoms with Crippen molar-refractivity contribution in [1.29, 1.82) is 0 Å². The average Bonchev–Trinajstić information content (AvgIpc) is 3.31. The number of aromatic nitrogens is 4. The smallest absolute Gasteiger partial charge is 0.268 e. The van der Waals surface area contributed by atoms with Gasteiger partial charge in [0.25, 0.3) is 5.56 Å². The van der Waals surface area contributed by atoms with Crippen molar-refractivity contribution < 1.29 is 0 Å². The number of para-hydroxylation sites is 3. The molecule has 3 aromatic heterocycles. The zero-order chi connectivity index (χ0) is 18.2. The van der Waals surface area contributed by atoms with Crippen molar-refractivity contribution >= 4 is 44.3 Å². The van der Waals surface area contributed by atoms with Crippen molar-refractivity contribution in [2.24, 2.45) is 0 Å².